The van der Waals surface area contributed by atoms with Gasteiger partial charge in [-0.05, 0) is 36.8 Å². The lowest BCUT2D eigenvalue weighted by molar-refractivity contribution is -0.119. The number of nitrogens with one attached hydrogen (secondary N) is 1. The second-order valence-electron chi connectivity index (χ2n) is 4.99. The van der Waals surface area contributed by atoms with E-state index in [2.05, 4.69) is 5.32 Å². The molecule has 0 spiro atoms. The van der Waals surface area contributed by atoms with Crippen LogP contribution in [0.3, 0.4) is 0 Å². The van der Waals surface area contributed by atoms with Crippen molar-refractivity contribution in [3.05, 3.63) is 58.6 Å². The van der Waals surface area contributed by atoms with Gasteiger partial charge in [-0.25, -0.2) is 4.79 Å². The summed E-state index contributed by atoms with van der Waals surface area (Å²) in [5, 5.41) is 3.17. The molecule has 1 amide bonds. The second-order valence-corrected chi connectivity index (χ2v) is 6.74. The first-order valence-electron chi connectivity index (χ1n) is 7.04. The largest absolute Gasteiger partial charge is 0.452 e. The minimum Gasteiger partial charge on any atom is -0.452 e. The van der Waals surface area contributed by atoms with Crippen LogP contribution in [0.4, 0.5) is 5.69 Å². The fourth-order valence-electron chi connectivity index (χ4n) is 2.02. The van der Waals surface area contributed by atoms with Gasteiger partial charge in [0.25, 0.3) is 5.91 Å². The van der Waals surface area contributed by atoms with Crippen LogP contribution in [0.15, 0.2) is 47.4 Å². The smallest absolute Gasteiger partial charge is 0.339 e. The molecule has 1 atom stereocenters. The standard InChI is InChI=1S/C17H16ClNO4S/c1-11-13(18)7-5-8-14(11)19-16(20)10-23-17(21)12-6-3-4-9-15(12)24(2)22/h3-9H,10H2,1-2H3,(H,19,20)/t24-/m0/s1. The van der Waals surface area contributed by atoms with E-state index >= 15 is 0 Å². The number of rotatable bonds is 5. The molecular formula is C17H16ClNO4S. The molecule has 2 rings (SSSR count). The summed E-state index contributed by atoms with van der Waals surface area (Å²) in [6.45, 7) is 1.33. The van der Waals surface area contributed by atoms with Crippen LogP contribution in [0.2, 0.25) is 5.02 Å². The van der Waals surface area contributed by atoms with Gasteiger partial charge in [-0.1, -0.05) is 29.8 Å². The lowest BCUT2D eigenvalue weighted by atomic mass is 10.2. The molecule has 1 N–H and O–H groups in total. The van der Waals surface area contributed by atoms with Crippen molar-refractivity contribution in [3.8, 4) is 0 Å². The Balaban J connectivity index is 2.01. The normalized spacial score (nSPS) is 11.6. The maximum Gasteiger partial charge on any atom is 0.339 e. The van der Waals surface area contributed by atoms with Crippen LogP contribution in [-0.2, 0) is 20.3 Å². The van der Waals surface area contributed by atoms with E-state index in [0.29, 0.717) is 15.6 Å². The van der Waals surface area contributed by atoms with E-state index in [9.17, 15) is 13.8 Å². The Kier molecular flexibility index (Phi) is 6.11. The molecule has 0 fully saturated rings. The van der Waals surface area contributed by atoms with Gasteiger partial charge in [-0.2, -0.15) is 0 Å². The van der Waals surface area contributed by atoms with Crippen molar-refractivity contribution >= 4 is 40.0 Å². The Morgan fingerprint density at radius 3 is 2.58 bits per heavy atom. The van der Waals surface area contributed by atoms with Gasteiger partial charge in [-0.3, -0.25) is 9.00 Å². The lowest BCUT2D eigenvalue weighted by Crippen LogP contribution is -2.22. The summed E-state index contributed by atoms with van der Waals surface area (Å²) in [6, 6.07) is 11.6. The number of amides is 1. The summed E-state index contributed by atoms with van der Waals surface area (Å²) in [5.41, 5.74) is 1.47. The van der Waals surface area contributed by atoms with Gasteiger partial charge in [0.2, 0.25) is 0 Å². The zero-order valence-electron chi connectivity index (χ0n) is 13.2. The topological polar surface area (TPSA) is 72.5 Å². The van der Waals surface area contributed by atoms with Gasteiger partial charge in [0, 0.05) is 17.0 Å². The molecule has 0 unspecified atom stereocenters. The Hall–Kier alpha value is -2.18. The number of carbonyl (C=O) groups is 2. The number of ether oxygens (including phenoxy) is 1. The predicted octanol–water partition coefficient (Wildman–Crippen LogP) is 3.18. The van der Waals surface area contributed by atoms with Crippen molar-refractivity contribution in [3.63, 3.8) is 0 Å². The van der Waals surface area contributed by atoms with Gasteiger partial charge in [-0.15, -0.1) is 0 Å². The maximum atomic E-state index is 12.1. The summed E-state index contributed by atoms with van der Waals surface area (Å²) in [7, 11) is -1.33. The van der Waals surface area contributed by atoms with E-state index in [0.717, 1.165) is 5.56 Å². The quantitative estimate of drug-likeness (QED) is 0.826. The van der Waals surface area contributed by atoms with Crippen LogP contribution in [0, 0.1) is 6.92 Å². The Bertz CT molecular complexity index is 807. The van der Waals surface area contributed by atoms with E-state index in [4.69, 9.17) is 16.3 Å². The third-order valence-corrected chi connectivity index (χ3v) is 4.68. The highest BCUT2D eigenvalue weighted by molar-refractivity contribution is 7.84. The highest BCUT2D eigenvalue weighted by Crippen LogP contribution is 2.22. The van der Waals surface area contributed by atoms with E-state index in [-0.39, 0.29) is 5.56 Å². The predicted molar refractivity (Wildman–Crippen MR) is 93.9 cm³/mol. The van der Waals surface area contributed by atoms with Crippen molar-refractivity contribution in [1.82, 2.24) is 0 Å². The first-order valence-corrected chi connectivity index (χ1v) is 8.98. The van der Waals surface area contributed by atoms with Gasteiger partial charge >= 0.3 is 5.97 Å². The lowest BCUT2D eigenvalue weighted by Gasteiger charge is -2.10. The molecule has 0 aliphatic rings. The molecule has 0 saturated heterocycles. The molecule has 0 saturated carbocycles. The first kappa shape index (κ1) is 18.2. The molecule has 7 heteroatoms. The molecule has 0 aromatic heterocycles. The van der Waals surface area contributed by atoms with Gasteiger partial charge in [0.1, 0.15) is 0 Å². The summed E-state index contributed by atoms with van der Waals surface area (Å²) in [5.74, 6) is -1.18. The first-order chi connectivity index (χ1) is 11.4. The van der Waals surface area contributed by atoms with Crippen LogP contribution in [0.25, 0.3) is 0 Å². The number of esters is 1. The van der Waals surface area contributed by atoms with Crippen molar-refractivity contribution < 1.29 is 18.5 Å². The third kappa shape index (κ3) is 4.43. The van der Waals surface area contributed by atoms with Gasteiger partial charge in [0.05, 0.1) is 21.3 Å². The van der Waals surface area contributed by atoms with Crippen LogP contribution in [0.1, 0.15) is 15.9 Å². The van der Waals surface area contributed by atoms with Crippen molar-refractivity contribution in [2.75, 3.05) is 18.2 Å². The van der Waals surface area contributed by atoms with E-state index in [1.54, 1.807) is 43.3 Å². The number of anilines is 1. The van der Waals surface area contributed by atoms with Crippen LogP contribution < -0.4 is 5.32 Å². The molecule has 24 heavy (non-hydrogen) atoms. The number of carbonyl (C=O) groups excluding carboxylic acids is 2. The minimum absolute atomic E-state index is 0.185. The minimum atomic E-state index is -1.33. The van der Waals surface area contributed by atoms with Gasteiger partial charge in [0.15, 0.2) is 6.61 Å². The number of halogens is 1. The monoisotopic (exact) mass is 365 g/mol. The van der Waals surface area contributed by atoms with Crippen molar-refractivity contribution in [2.24, 2.45) is 0 Å². The number of benzene rings is 2. The molecule has 126 valence electrons. The summed E-state index contributed by atoms with van der Waals surface area (Å²) in [6.07, 6.45) is 1.47. The van der Waals surface area contributed by atoms with E-state index < -0.39 is 29.3 Å². The zero-order chi connectivity index (χ0) is 17.7. The SMILES string of the molecule is Cc1c(Cl)cccc1NC(=O)COC(=O)c1ccccc1[S@](C)=O. The highest BCUT2D eigenvalue weighted by Gasteiger charge is 2.16. The third-order valence-electron chi connectivity index (χ3n) is 3.29. The molecule has 0 aliphatic heterocycles. The second kappa shape index (κ2) is 8.08. The molecule has 2 aromatic carbocycles. The van der Waals surface area contributed by atoms with Crippen LogP contribution in [0.5, 0.6) is 0 Å². The van der Waals surface area contributed by atoms with Crippen LogP contribution >= 0.6 is 11.6 Å². The molecular weight excluding hydrogens is 350 g/mol. The summed E-state index contributed by atoms with van der Waals surface area (Å²) < 4.78 is 16.6. The average Bonchev–Trinajstić information content (AvgIpc) is 2.56. The fourth-order valence-corrected chi connectivity index (χ4v) is 2.93. The van der Waals surface area contributed by atoms with Crippen molar-refractivity contribution in [2.45, 2.75) is 11.8 Å². The van der Waals surface area contributed by atoms with E-state index in [1.807, 2.05) is 0 Å². The molecule has 0 bridgehead atoms. The Morgan fingerprint density at radius 2 is 1.88 bits per heavy atom. The number of hydrogen-bond donors (Lipinski definition) is 1. The average molecular weight is 366 g/mol. The summed E-state index contributed by atoms with van der Waals surface area (Å²) >= 11 is 5.99. The zero-order valence-corrected chi connectivity index (χ0v) is 14.7. The molecule has 0 radical (unpaired) electrons. The molecule has 0 aliphatic carbocycles. The number of hydrogen-bond acceptors (Lipinski definition) is 4. The van der Waals surface area contributed by atoms with Crippen LogP contribution in [-0.4, -0.2) is 28.9 Å². The fraction of sp³-hybridized carbons (Fsp3) is 0.176. The maximum absolute atomic E-state index is 12.1. The van der Waals surface area contributed by atoms with Crippen molar-refractivity contribution in [1.29, 1.82) is 0 Å². The highest BCUT2D eigenvalue weighted by atomic mass is 35.5. The Labute approximate surface area is 147 Å². The Morgan fingerprint density at radius 1 is 1.17 bits per heavy atom. The molecule has 5 nitrogen and oxygen atoms in total. The molecule has 2 aromatic rings. The van der Waals surface area contributed by atoms with E-state index in [1.165, 1.54) is 12.3 Å². The molecule has 0 heterocycles. The summed E-state index contributed by atoms with van der Waals surface area (Å²) in [4.78, 5) is 24.4. The van der Waals surface area contributed by atoms with Gasteiger partial charge < -0.3 is 10.1 Å².